The summed E-state index contributed by atoms with van der Waals surface area (Å²) in [6.07, 6.45) is 0. The molecule has 0 saturated heterocycles. The third-order valence-electron chi connectivity index (χ3n) is 2.36. The van der Waals surface area contributed by atoms with E-state index in [1.807, 2.05) is 6.92 Å². The van der Waals surface area contributed by atoms with Gasteiger partial charge in [0.15, 0.2) is 0 Å². The maximum Gasteiger partial charge on any atom is 0.296 e. The van der Waals surface area contributed by atoms with Crippen LogP contribution in [0.3, 0.4) is 0 Å². The number of carbonyl (C=O) groups is 2. The summed E-state index contributed by atoms with van der Waals surface area (Å²) in [7, 11) is 0. The topological polar surface area (TPSA) is 66.4 Å². The van der Waals surface area contributed by atoms with Crippen molar-refractivity contribution in [2.24, 2.45) is 0 Å². The molecular formula is C11H10ClNO3S. The standard InChI is InChI=1S/C11H10ClNO3S/c1-5(4-14)17-9-3-8-6(2-7(9)12)10(15)11(16)13-8/h2-3,5,14H,4H2,1H3,(H,13,15,16). The van der Waals surface area contributed by atoms with Crippen molar-refractivity contribution in [1.29, 1.82) is 0 Å². The van der Waals surface area contributed by atoms with Gasteiger partial charge < -0.3 is 10.4 Å². The highest BCUT2D eigenvalue weighted by molar-refractivity contribution is 8.00. The van der Waals surface area contributed by atoms with Crippen molar-refractivity contribution >= 4 is 40.7 Å². The Labute approximate surface area is 107 Å². The van der Waals surface area contributed by atoms with Crippen molar-refractivity contribution < 1.29 is 14.7 Å². The van der Waals surface area contributed by atoms with Crippen LogP contribution in [-0.2, 0) is 4.79 Å². The van der Waals surface area contributed by atoms with Crippen LogP contribution in [0.1, 0.15) is 17.3 Å². The van der Waals surface area contributed by atoms with E-state index in [-0.39, 0.29) is 11.9 Å². The van der Waals surface area contributed by atoms with E-state index in [1.165, 1.54) is 17.8 Å². The number of thioether (sulfide) groups is 1. The van der Waals surface area contributed by atoms with Crippen LogP contribution in [0.25, 0.3) is 0 Å². The molecule has 0 saturated carbocycles. The van der Waals surface area contributed by atoms with Gasteiger partial charge >= 0.3 is 0 Å². The molecule has 1 aliphatic heterocycles. The normalized spacial score (nSPS) is 15.7. The Hall–Kier alpha value is -1.04. The number of halogens is 1. The van der Waals surface area contributed by atoms with Crippen LogP contribution >= 0.6 is 23.4 Å². The molecule has 1 aliphatic rings. The van der Waals surface area contributed by atoms with Crippen molar-refractivity contribution in [3.63, 3.8) is 0 Å². The SMILES string of the molecule is CC(CO)Sc1cc2c(cc1Cl)C(=O)C(=O)N2. The molecule has 6 heteroatoms. The number of rotatable bonds is 3. The predicted octanol–water partition coefficient (Wildman–Crippen LogP) is 1.95. The summed E-state index contributed by atoms with van der Waals surface area (Å²) in [5.74, 6) is -1.19. The van der Waals surface area contributed by atoms with Crippen LogP contribution in [-0.4, -0.2) is 28.7 Å². The molecule has 1 amide bonds. The molecule has 0 spiro atoms. The second-order valence-electron chi connectivity index (χ2n) is 3.72. The van der Waals surface area contributed by atoms with Gasteiger partial charge in [0.25, 0.3) is 11.7 Å². The van der Waals surface area contributed by atoms with Gasteiger partial charge in [-0.3, -0.25) is 9.59 Å². The number of carbonyl (C=O) groups excluding carboxylic acids is 2. The molecule has 1 atom stereocenters. The van der Waals surface area contributed by atoms with E-state index >= 15 is 0 Å². The molecule has 0 aliphatic carbocycles. The van der Waals surface area contributed by atoms with E-state index in [1.54, 1.807) is 6.07 Å². The molecule has 0 aromatic heterocycles. The van der Waals surface area contributed by atoms with Gasteiger partial charge in [0.2, 0.25) is 0 Å². The fraction of sp³-hybridized carbons (Fsp3) is 0.273. The Morgan fingerprint density at radius 2 is 2.18 bits per heavy atom. The Kier molecular flexibility index (Phi) is 3.42. The number of amides is 1. The highest BCUT2D eigenvalue weighted by atomic mass is 35.5. The van der Waals surface area contributed by atoms with Crippen molar-refractivity contribution in [2.75, 3.05) is 11.9 Å². The highest BCUT2D eigenvalue weighted by Gasteiger charge is 2.29. The smallest absolute Gasteiger partial charge is 0.296 e. The largest absolute Gasteiger partial charge is 0.395 e. The summed E-state index contributed by atoms with van der Waals surface area (Å²) in [5.41, 5.74) is 0.790. The molecule has 2 rings (SSSR count). The van der Waals surface area contributed by atoms with E-state index in [2.05, 4.69) is 5.32 Å². The van der Waals surface area contributed by atoms with Gasteiger partial charge in [-0.15, -0.1) is 11.8 Å². The first-order valence-electron chi connectivity index (χ1n) is 4.99. The molecule has 0 radical (unpaired) electrons. The summed E-state index contributed by atoms with van der Waals surface area (Å²) in [6, 6.07) is 3.15. The number of aliphatic hydroxyl groups excluding tert-OH is 1. The quantitative estimate of drug-likeness (QED) is 0.651. The van der Waals surface area contributed by atoms with Gasteiger partial charge in [0.1, 0.15) is 0 Å². The van der Waals surface area contributed by atoms with Crippen LogP contribution < -0.4 is 5.32 Å². The number of nitrogens with one attached hydrogen (secondary N) is 1. The fourth-order valence-corrected chi connectivity index (χ4v) is 2.65. The van der Waals surface area contributed by atoms with E-state index in [0.717, 1.165) is 4.90 Å². The molecule has 1 aromatic rings. The zero-order chi connectivity index (χ0) is 12.6. The summed E-state index contributed by atoms with van der Waals surface area (Å²) in [6.45, 7) is 1.89. The first-order chi connectivity index (χ1) is 8.02. The summed E-state index contributed by atoms with van der Waals surface area (Å²) >= 11 is 7.42. The molecule has 17 heavy (non-hydrogen) atoms. The molecule has 1 unspecified atom stereocenters. The lowest BCUT2D eigenvalue weighted by Crippen LogP contribution is -2.12. The van der Waals surface area contributed by atoms with Crippen LogP contribution in [0.4, 0.5) is 5.69 Å². The van der Waals surface area contributed by atoms with Gasteiger partial charge in [0.05, 0.1) is 22.9 Å². The van der Waals surface area contributed by atoms with Crippen molar-refractivity contribution in [3.05, 3.63) is 22.7 Å². The summed E-state index contributed by atoms with van der Waals surface area (Å²) in [5, 5.41) is 11.9. The van der Waals surface area contributed by atoms with Gasteiger partial charge in [-0.25, -0.2) is 0 Å². The number of hydrogen-bond donors (Lipinski definition) is 2. The first kappa shape index (κ1) is 12.4. The van der Waals surface area contributed by atoms with Crippen molar-refractivity contribution in [3.8, 4) is 0 Å². The van der Waals surface area contributed by atoms with Crippen LogP contribution in [0.5, 0.6) is 0 Å². The second-order valence-corrected chi connectivity index (χ2v) is 5.61. The Balaban J connectivity index is 2.36. The minimum Gasteiger partial charge on any atom is -0.395 e. The van der Waals surface area contributed by atoms with Gasteiger partial charge in [-0.2, -0.15) is 0 Å². The third kappa shape index (κ3) is 2.31. The zero-order valence-electron chi connectivity index (χ0n) is 8.99. The Morgan fingerprint density at radius 1 is 1.47 bits per heavy atom. The number of ketones is 1. The second kappa shape index (κ2) is 4.68. The molecule has 4 nitrogen and oxygen atoms in total. The van der Waals surface area contributed by atoms with Crippen LogP contribution in [0.2, 0.25) is 5.02 Å². The Bertz CT molecular complexity index is 504. The first-order valence-corrected chi connectivity index (χ1v) is 6.25. The van der Waals surface area contributed by atoms with Crippen molar-refractivity contribution in [1.82, 2.24) is 0 Å². The maximum atomic E-state index is 11.4. The van der Waals surface area contributed by atoms with E-state index in [9.17, 15) is 9.59 Å². The highest BCUT2D eigenvalue weighted by Crippen LogP contribution is 2.36. The average molecular weight is 272 g/mol. The predicted molar refractivity (Wildman–Crippen MR) is 66.8 cm³/mol. The van der Waals surface area contributed by atoms with Crippen LogP contribution in [0.15, 0.2) is 17.0 Å². The van der Waals surface area contributed by atoms with Gasteiger partial charge in [-0.1, -0.05) is 18.5 Å². The number of fused-ring (bicyclic) bond motifs is 1. The number of Topliss-reactive ketones (excluding diaryl/α,β-unsaturated/α-hetero) is 1. The molecule has 1 heterocycles. The van der Waals surface area contributed by atoms with Gasteiger partial charge in [-0.05, 0) is 12.1 Å². The lowest BCUT2D eigenvalue weighted by atomic mass is 10.1. The summed E-state index contributed by atoms with van der Waals surface area (Å²) in [4.78, 5) is 23.3. The zero-order valence-corrected chi connectivity index (χ0v) is 10.6. The summed E-state index contributed by atoms with van der Waals surface area (Å²) < 4.78 is 0. The average Bonchev–Trinajstić information content (AvgIpc) is 2.56. The Morgan fingerprint density at radius 3 is 2.82 bits per heavy atom. The van der Waals surface area contributed by atoms with Crippen molar-refractivity contribution in [2.45, 2.75) is 17.1 Å². The van der Waals surface area contributed by atoms with E-state index in [0.29, 0.717) is 16.3 Å². The maximum absolute atomic E-state index is 11.4. The van der Waals surface area contributed by atoms with E-state index in [4.69, 9.17) is 16.7 Å². The molecule has 0 bridgehead atoms. The van der Waals surface area contributed by atoms with Crippen LogP contribution in [0, 0.1) is 0 Å². The fourth-order valence-electron chi connectivity index (χ4n) is 1.49. The number of hydrogen-bond acceptors (Lipinski definition) is 4. The number of anilines is 1. The minimum absolute atomic E-state index is 0.00152. The van der Waals surface area contributed by atoms with Gasteiger partial charge in [0, 0.05) is 10.1 Å². The molecule has 1 aromatic carbocycles. The molecule has 2 N–H and O–H groups in total. The minimum atomic E-state index is -0.631. The third-order valence-corrected chi connectivity index (χ3v) is 3.92. The van der Waals surface area contributed by atoms with E-state index < -0.39 is 11.7 Å². The molecular weight excluding hydrogens is 262 g/mol. The monoisotopic (exact) mass is 271 g/mol. The lowest BCUT2D eigenvalue weighted by molar-refractivity contribution is -0.112. The lowest BCUT2D eigenvalue weighted by Gasteiger charge is -2.10. The number of benzene rings is 1. The number of aliphatic hydroxyl groups is 1. The molecule has 90 valence electrons. The molecule has 0 fully saturated rings.